The highest BCUT2D eigenvalue weighted by Crippen LogP contribution is 2.39. The van der Waals surface area contributed by atoms with Crippen LogP contribution < -0.4 is 0 Å². The minimum absolute atomic E-state index is 0.499. The van der Waals surface area contributed by atoms with E-state index in [1.807, 2.05) is 12.1 Å². The lowest BCUT2D eigenvalue weighted by Crippen LogP contribution is -2.13. The van der Waals surface area contributed by atoms with E-state index in [1.165, 1.54) is 76.2 Å². The summed E-state index contributed by atoms with van der Waals surface area (Å²) < 4.78 is 0. The maximum absolute atomic E-state index is 10.3. The first kappa shape index (κ1) is 20.1. The van der Waals surface area contributed by atoms with Crippen LogP contribution in [-0.2, 0) is 0 Å². The van der Waals surface area contributed by atoms with E-state index in [4.69, 9.17) is 0 Å². The second kappa shape index (κ2) is 12.4. The number of hydrogen-bond donors (Lipinski definition) is 1. The van der Waals surface area contributed by atoms with Crippen molar-refractivity contribution in [3.05, 3.63) is 29.8 Å². The van der Waals surface area contributed by atoms with E-state index >= 15 is 0 Å². The normalized spacial score (nSPS) is 13.9. The Bertz CT molecular complexity index is 399. The lowest BCUT2D eigenvalue weighted by atomic mass is 9.78. The summed E-state index contributed by atoms with van der Waals surface area (Å²) in [6.07, 6.45) is 14.4. The lowest BCUT2D eigenvalue weighted by molar-refractivity contribution is 0.336. The van der Waals surface area contributed by atoms with Crippen LogP contribution in [0.2, 0.25) is 0 Å². The molecule has 1 aromatic rings. The van der Waals surface area contributed by atoms with E-state index in [9.17, 15) is 5.11 Å². The van der Waals surface area contributed by atoms with Crippen LogP contribution in [0, 0.1) is 5.92 Å². The molecule has 0 bridgehead atoms. The molecule has 23 heavy (non-hydrogen) atoms. The van der Waals surface area contributed by atoms with Crippen molar-refractivity contribution in [3.8, 4) is 5.75 Å². The van der Waals surface area contributed by atoms with Gasteiger partial charge in [0.1, 0.15) is 5.75 Å². The smallest absolute Gasteiger partial charge is 0.119 e. The van der Waals surface area contributed by atoms with E-state index in [0.29, 0.717) is 17.6 Å². The molecule has 1 aromatic carbocycles. The number of phenols is 1. The lowest BCUT2D eigenvalue weighted by Gasteiger charge is -2.27. The van der Waals surface area contributed by atoms with Crippen LogP contribution in [0.5, 0.6) is 5.75 Å². The molecule has 0 radical (unpaired) electrons. The molecular formula is C22H38O. The standard InChI is InChI=1S/C22H38O/c1-4-7-9-10-11-12-16-20(19(6-3)15-8-5-2)21-17-13-14-18-22(21)23/h13-14,17-20,23H,4-12,15-16H2,1-3H3. The zero-order chi connectivity index (χ0) is 16.9. The Morgan fingerprint density at radius 3 is 2.09 bits per heavy atom. The molecule has 0 amide bonds. The highest BCUT2D eigenvalue weighted by Gasteiger charge is 2.23. The third kappa shape index (κ3) is 7.42. The number of hydrogen-bond acceptors (Lipinski definition) is 1. The molecule has 0 spiro atoms. The second-order valence-electron chi connectivity index (χ2n) is 7.03. The van der Waals surface area contributed by atoms with Crippen molar-refractivity contribution in [2.45, 2.75) is 97.3 Å². The average molecular weight is 319 g/mol. The summed E-state index contributed by atoms with van der Waals surface area (Å²) in [7, 11) is 0. The molecule has 0 saturated heterocycles. The molecule has 1 nitrogen and oxygen atoms in total. The van der Waals surface area contributed by atoms with Gasteiger partial charge in [-0.1, -0.05) is 96.8 Å². The largest absolute Gasteiger partial charge is 0.508 e. The van der Waals surface area contributed by atoms with Crippen molar-refractivity contribution in [3.63, 3.8) is 0 Å². The van der Waals surface area contributed by atoms with Crippen LogP contribution in [-0.4, -0.2) is 5.11 Å². The van der Waals surface area contributed by atoms with Gasteiger partial charge < -0.3 is 5.11 Å². The summed E-state index contributed by atoms with van der Waals surface area (Å²) in [4.78, 5) is 0. The monoisotopic (exact) mass is 318 g/mol. The summed E-state index contributed by atoms with van der Waals surface area (Å²) in [5, 5.41) is 10.3. The van der Waals surface area contributed by atoms with Crippen molar-refractivity contribution in [1.82, 2.24) is 0 Å². The summed E-state index contributed by atoms with van der Waals surface area (Å²) in [5.74, 6) is 1.73. The molecule has 0 heterocycles. The van der Waals surface area contributed by atoms with E-state index in [2.05, 4.69) is 32.9 Å². The van der Waals surface area contributed by atoms with E-state index in [0.717, 1.165) is 0 Å². The maximum atomic E-state index is 10.3. The Kier molecular flexibility index (Phi) is 10.9. The molecule has 1 N–H and O–H groups in total. The Morgan fingerprint density at radius 1 is 0.783 bits per heavy atom. The number of unbranched alkanes of at least 4 members (excludes halogenated alkanes) is 6. The van der Waals surface area contributed by atoms with Crippen molar-refractivity contribution in [1.29, 1.82) is 0 Å². The van der Waals surface area contributed by atoms with Gasteiger partial charge in [-0.2, -0.15) is 0 Å². The fraction of sp³-hybridized carbons (Fsp3) is 0.727. The predicted octanol–water partition coefficient (Wildman–Crippen LogP) is 7.44. The second-order valence-corrected chi connectivity index (χ2v) is 7.03. The number of benzene rings is 1. The fourth-order valence-corrected chi connectivity index (χ4v) is 3.75. The van der Waals surface area contributed by atoms with Gasteiger partial charge in [0.2, 0.25) is 0 Å². The first-order chi connectivity index (χ1) is 11.2. The molecule has 132 valence electrons. The SMILES string of the molecule is CCCCCCCCC(c1ccccc1O)C(CC)CCCC. The molecule has 1 heteroatoms. The van der Waals surface area contributed by atoms with Gasteiger partial charge in [0, 0.05) is 0 Å². The van der Waals surface area contributed by atoms with E-state index in [-0.39, 0.29) is 0 Å². The Labute approximate surface area is 144 Å². The zero-order valence-corrected chi connectivity index (χ0v) is 15.7. The summed E-state index contributed by atoms with van der Waals surface area (Å²) >= 11 is 0. The highest BCUT2D eigenvalue weighted by atomic mass is 16.3. The zero-order valence-electron chi connectivity index (χ0n) is 15.7. The number of rotatable bonds is 13. The summed E-state index contributed by atoms with van der Waals surface area (Å²) in [6, 6.07) is 8.02. The van der Waals surface area contributed by atoms with E-state index in [1.54, 1.807) is 0 Å². The van der Waals surface area contributed by atoms with Crippen LogP contribution in [0.25, 0.3) is 0 Å². The number of para-hydroxylation sites is 1. The van der Waals surface area contributed by atoms with Crippen LogP contribution in [0.1, 0.15) is 103 Å². The minimum atomic E-state index is 0.499. The van der Waals surface area contributed by atoms with Crippen molar-refractivity contribution >= 4 is 0 Å². The van der Waals surface area contributed by atoms with Gasteiger partial charge in [-0.05, 0) is 36.3 Å². The van der Waals surface area contributed by atoms with Crippen molar-refractivity contribution in [2.75, 3.05) is 0 Å². The topological polar surface area (TPSA) is 20.2 Å². The minimum Gasteiger partial charge on any atom is -0.508 e. The molecule has 0 aromatic heterocycles. The van der Waals surface area contributed by atoms with Crippen LogP contribution in [0.4, 0.5) is 0 Å². The van der Waals surface area contributed by atoms with Crippen LogP contribution in [0.3, 0.4) is 0 Å². The van der Waals surface area contributed by atoms with Gasteiger partial charge in [-0.25, -0.2) is 0 Å². The van der Waals surface area contributed by atoms with Crippen LogP contribution >= 0.6 is 0 Å². The number of aromatic hydroxyl groups is 1. The maximum Gasteiger partial charge on any atom is 0.119 e. The molecule has 0 aliphatic rings. The first-order valence-electron chi connectivity index (χ1n) is 10.0. The molecular weight excluding hydrogens is 280 g/mol. The first-order valence-corrected chi connectivity index (χ1v) is 10.0. The molecule has 0 saturated carbocycles. The van der Waals surface area contributed by atoms with E-state index < -0.39 is 0 Å². The Hall–Kier alpha value is -0.980. The number of phenolic OH excluding ortho intramolecular Hbond substituents is 1. The highest BCUT2D eigenvalue weighted by molar-refractivity contribution is 5.35. The van der Waals surface area contributed by atoms with Crippen LogP contribution in [0.15, 0.2) is 24.3 Å². The van der Waals surface area contributed by atoms with Gasteiger partial charge in [0.25, 0.3) is 0 Å². The summed E-state index contributed by atoms with van der Waals surface area (Å²) in [6.45, 7) is 6.86. The molecule has 0 aliphatic carbocycles. The molecule has 2 unspecified atom stereocenters. The quantitative estimate of drug-likeness (QED) is 0.375. The Balaban J connectivity index is 2.66. The third-order valence-corrected chi connectivity index (χ3v) is 5.23. The predicted molar refractivity (Wildman–Crippen MR) is 102 cm³/mol. The molecule has 0 fully saturated rings. The summed E-state index contributed by atoms with van der Waals surface area (Å²) in [5.41, 5.74) is 1.18. The Morgan fingerprint density at radius 2 is 1.43 bits per heavy atom. The van der Waals surface area contributed by atoms with Gasteiger partial charge in [-0.15, -0.1) is 0 Å². The molecule has 1 rings (SSSR count). The average Bonchev–Trinajstić information content (AvgIpc) is 2.57. The van der Waals surface area contributed by atoms with Crippen molar-refractivity contribution < 1.29 is 5.11 Å². The van der Waals surface area contributed by atoms with Gasteiger partial charge in [0.15, 0.2) is 0 Å². The fourth-order valence-electron chi connectivity index (χ4n) is 3.75. The van der Waals surface area contributed by atoms with Crippen molar-refractivity contribution in [2.24, 2.45) is 5.92 Å². The third-order valence-electron chi connectivity index (χ3n) is 5.23. The molecule has 2 atom stereocenters. The molecule has 0 aliphatic heterocycles. The van der Waals surface area contributed by atoms with Gasteiger partial charge in [-0.3, -0.25) is 0 Å². The van der Waals surface area contributed by atoms with Gasteiger partial charge >= 0.3 is 0 Å². The van der Waals surface area contributed by atoms with Gasteiger partial charge in [0.05, 0.1) is 0 Å².